The lowest BCUT2D eigenvalue weighted by Gasteiger charge is -2.34. The summed E-state index contributed by atoms with van der Waals surface area (Å²) in [5.41, 5.74) is -0.244. The first-order valence-corrected chi connectivity index (χ1v) is 7.72. The Morgan fingerprint density at radius 3 is 2.18 bits per heavy atom. The van der Waals surface area contributed by atoms with Crippen molar-refractivity contribution in [2.24, 2.45) is 0 Å². The van der Waals surface area contributed by atoms with Crippen molar-refractivity contribution in [3.63, 3.8) is 0 Å². The van der Waals surface area contributed by atoms with E-state index in [0.29, 0.717) is 0 Å². The molecule has 1 aromatic rings. The molecular formula is C13H13F3N3O2S+. The summed E-state index contributed by atoms with van der Waals surface area (Å²) >= 11 is 0. The van der Waals surface area contributed by atoms with Gasteiger partial charge in [-0.15, -0.1) is 0 Å². The Hall–Kier alpha value is -2.10. The van der Waals surface area contributed by atoms with Crippen LogP contribution in [-0.2, 0) is 15.8 Å². The van der Waals surface area contributed by atoms with Gasteiger partial charge in [-0.25, -0.2) is 8.78 Å². The van der Waals surface area contributed by atoms with E-state index in [1.807, 2.05) is 0 Å². The fourth-order valence-electron chi connectivity index (χ4n) is 1.93. The molecule has 1 atom stereocenters. The molecule has 118 valence electrons. The van der Waals surface area contributed by atoms with Crippen LogP contribution in [0.15, 0.2) is 24.3 Å². The van der Waals surface area contributed by atoms with Crippen molar-refractivity contribution in [1.82, 2.24) is 0 Å². The second kappa shape index (κ2) is 7.25. The van der Waals surface area contributed by atoms with Crippen molar-refractivity contribution in [3.8, 4) is 12.1 Å². The fraction of sp³-hybridized carbons (Fsp3) is 0.385. The number of rotatable bonds is 7. The predicted octanol–water partition coefficient (Wildman–Crippen LogP) is 1.78. The van der Waals surface area contributed by atoms with Crippen LogP contribution in [0.5, 0.6) is 0 Å². The Balaban J connectivity index is 3.37. The Morgan fingerprint density at radius 2 is 1.73 bits per heavy atom. The summed E-state index contributed by atoms with van der Waals surface area (Å²) in [6, 6.07) is 7.85. The number of hydrogen-bond acceptors (Lipinski definition) is 4. The van der Waals surface area contributed by atoms with Gasteiger partial charge in [0.2, 0.25) is 0 Å². The van der Waals surface area contributed by atoms with Gasteiger partial charge in [0.25, 0.3) is 6.30 Å². The lowest BCUT2D eigenvalue weighted by Crippen LogP contribution is -2.59. The highest BCUT2D eigenvalue weighted by Gasteiger charge is 2.49. The van der Waals surface area contributed by atoms with Crippen LogP contribution in [0.25, 0.3) is 0 Å². The Bertz CT molecular complexity index is 694. The third-order valence-electron chi connectivity index (χ3n) is 3.16. The van der Waals surface area contributed by atoms with Gasteiger partial charge < -0.3 is 0 Å². The van der Waals surface area contributed by atoms with Crippen LogP contribution in [0, 0.1) is 28.5 Å². The maximum Gasteiger partial charge on any atom is 0.305 e. The Labute approximate surface area is 126 Å². The van der Waals surface area contributed by atoms with Gasteiger partial charge in [0.05, 0.1) is 0 Å². The number of halogens is 3. The topological polar surface area (TPSA) is 81.7 Å². The van der Waals surface area contributed by atoms with E-state index in [4.69, 9.17) is 10.5 Å². The Kier molecular flexibility index (Phi) is 5.92. The molecule has 5 nitrogen and oxygen atoms in total. The first kappa shape index (κ1) is 18.0. The molecule has 0 aromatic heterocycles. The molecule has 0 aliphatic carbocycles. The maximum absolute atomic E-state index is 13.9. The lowest BCUT2D eigenvalue weighted by molar-refractivity contribution is -0.836. The van der Waals surface area contributed by atoms with E-state index in [1.54, 1.807) is 0 Å². The zero-order chi connectivity index (χ0) is 16.8. The molecule has 9 heteroatoms. The lowest BCUT2D eigenvalue weighted by atomic mass is 10.2. The number of nitriles is 2. The van der Waals surface area contributed by atoms with Crippen molar-refractivity contribution >= 4 is 10.0 Å². The van der Waals surface area contributed by atoms with Crippen LogP contribution in [0.1, 0.15) is 5.56 Å². The molecule has 0 fully saturated rings. The Morgan fingerprint density at radius 1 is 1.18 bits per heavy atom. The molecule has 0 amide bonds. The van der Waals surface area contributed by atoms with Crippen molar-refractivity contribution in [2.75, 3.05) is 19.8 Å². The van der Waals surface area contributed by atoms with Crippen molar-refractivity contribution in [1.29, 1.82) is 10.5 Å². The number of nitrogens with zero attached hydrogens (tertiary/aromatic N) is 3. The van der Waals surface area contributed by atoms with E-state index in [2.05, 4.69) is 0 Å². The van der Waals surface area contributed by atoms with Gasteiger partial charge in [0, 0.05) is 5.56 Å². The quantitative estimate of drug-likeness (QED) is 0.433. The van der Waals surface area contributed by atoms with Gasteiger partial charge in [-0.3, -0.25) is 0 Å². The molecule has 0 radical (unpaired) electrons. The number of benzene rings is 1. The molecule has 1 unspecified atom stereocenters. The summed E-state index contributed by atoms with van der Waals surface area (Å²) in [5, 5.41) is 17.5. The summed E-state index contributed by atoms with van der Waals surface area (Å²) < 4.78 is 63.5. The van der Waals surface area contributed by atoms with Crippen LogP contribution >= 0.6 is 0 Å². The second-order valence-electron chi connectivity index (χ2n) is 4.49. The average molecular weight is 332 g/mol. The molecule has 0 aliphatic rings. The summed E-state index contributed by atoms with van der Waals surface area (Å²) in [6.45, 7) is -3.58. The molecule has 0 aliphatic heterocycles. The SMILES string of the molecule is N#CC[N+](CC#N)(C(F)CF)S(=O)(=O)Cc1ccccc1F. The van der Waals surface area contributed by atoms with E-state index in [9.17, 15) is 21.6 Å². The first-order valence-electron chi connectivity index (χ1n) is 6.11. The minimum absolute atomic E-state index is 0.244. The molecule has 22 heavy (non-hydrogen) atoms. The second-order valence-corrected chi connectivity index (χ2v) is 6.67. The van der Waals surface area contributed by atoms with Gasteiger partial charge in [0.1, 0.15) is 23.7 Å². The number of quaternary nitrogens is 1. The van der Waals surface area contributed by atoms with Gasteiger partial charge >= 0.3 is 10.0 Å². The van der Waals surface area contributed by atoms with Gasteiger partial charge in [0.15, 0.2) is 19.8 Å². The van der Waals surface area contributed by atoms with Crippen LogP contribution < -0.4 is 0 Å². The molecular weight excluding hydrogens is 319 g/mol. The molecule has 0 bridgehead atoms. The van der Waals surface area contributed by atoms with E-state index in [0.717, 1.165) is 6.07 Å². The fourth-order valence-corrected chi connectivity index (χ4v) is 3.73. The predicted molar refractivity (Wildman–Crippen MR) is 71.1 cm³/mol. The van der Waals surface area contributed by atoms with Crippen LogP contribution in [-0.4, -0.2) is 38.4 Å². The third-order valence-corrected chi connectivity index (χ3v) is 5.44. The maximum atomic E-state index is 13.9. The number of hydrogen-bond donors (Lipinski definition) is 0. The van der Waals surface area contributed by atoms with E-state index in [1.165, 1.54) is 30.3 Å². The van der Waals surface area contributed by atoms with Gasteiger partial charge in [-0.2, -0.15) is 27.2 Å². The standard InChI is InChI=1S/C13H13F3N3O2S/c14-9-13(16)19(7-5-17,8-6-18)22(20,21)10-11-3-1-2-4-12(11)15/h1-4,13H,7-10H2/q+1. The molecule has 0 N–H and O–H groups in total. The zero-order valence-corrected chi connectivity index (χ0v) is 12.2. The summed E-state index contributed by atoms with van der Waals surface area (Å²) in [4.78, 5) is 0. The minimum atomic E-state index is -4.56. The number of sulfonamides is 1. The molecule has 0 saturated carbocycles. The van der Waals surface area contributed by atoms with Crippen molar-refractivity contribution in [2.45, 2.75) is 12.0 Å². The van der Waals surface area contributed by atoms with E-state index < -0.39 is 51.5 Å². The average Bonchev–Trinajstić information content (AvgIpc) is 2.48. The van der Waals surface area contributed by atoms with Crippen LogP contribution in [0.4, 0.5) is 13.2 Å². The number of alkyl halides is 2. The highest BCUT2D eigenvalue weighted by atomic mass is 32.2. The molecule has 0 spiro atoms. The summed E-state index contributed by atoms with van der Waals surface area (Å²) in [5.74, 6) is -1.77. The monoisotopic (exact) mass is 332 g/mol. The smallest absolute Gasteiger partial charge is 0.241 e. The minimum Gasteiger partial charge on any atom is -0.241 e. The molecule has 1 rings (SSSR count). The highest BCUT2D eigenvalue weighted by Crippen LogP contribution is 2.26. The van der Waals surface area contributed by atoms with Crippen molar-refractivity contribution < 1.29 is 25.5 Å². The zero-order valence-electron chi connectivity index (χ0n) is 11.4. The van der Waals surface area contributed by atoms with Gasteiger partial charge in [-0.1, -0.05) is 18.2 Å². The molecule has 0 saturated heterocycles. The van der Waals surface area contributed by atoms with Crippen LogP contribution in [0.2, 0.25) is 0 Å². The normalized spacial score (nSPS) is 13.1. The highest BCUT2D eigenvalue weighted by molar-refractivity contribution is 7.85. The summed E-state index contributed by atoms with van der Waals surface area (Å²) in [7, 11) is -4.56. The van der Waals surface area contributed by atoms with Gasteiger partial charge in [-0.05, 0) is 6.07 Å². The van der Waals surface area contributed by atoms with E-state index >= 15 is 0 Å². The van der Waals surface area contributed by atoms with Crippen molar-refractivity contribution in [3.05, 3.63) is 35.6 Å². The third kappa shape index (κ3) is 3.38. The largest absolute Gasteiger partial charge is 0.305 e. The van der Waals surface area contributed by atoms with E-state index in [-0.39, 0.29) is 5.56 Å². The first-order chi connectivity index (χ1) is 10.3. The molecule has 1 aromatic carbocycles. The summed E-state index contributed by atoms with van der Waals surface area (Å²) in [6.07, 6.45) is -2.60. The molecule has 0 heterocycles. The van der Waals surface area contributed by atoms with Crippen LogP contribution in [0.3, 0.4) is 0 Å².